The molecular formula is C13H20N4O2S. The second-order valence-corrected chi connectivity index (χ2v) is 8.01. The zero-order chi connectivity index (χ0) is 14.3. The summed E-state index contributed by atoms with van der Waals surface area (Å²) in [4.78, 5) is 10.9. The maximum Gasteiger partial charge on any atom is 0.225 e. The van der Waals surface area contributed by atoms with Crippen molar-refractivity contribution in [1.29, 1.82) is 0 Å². The van der Waals surface area contributed by atoms with Crippen LogP contribution in [0.1, 0.15) is 25.0 Å². The van der Waals surface area contributed by atoms with E-state index < -0.39 is 9.84 Å². The lowest BCUT2D eigenvalue weighted by molar-refractivity contribution is 0.600. The smallest absolute Gasteiger partial charge is 0.225 e. The van der Waals surface area contributed by atoms with Gasteiger partial charge >= 0.3 is 0 Å². The summed E-state index contributed by atoms with van der Waals surface area (Å²) in [5, 5.41) is 3.29. The Hall–Kier alpha value is -1.37. The van der Waals surface area contributed by atoms with E-state index in [2.05, 4.69) is 15.3 Å². The van der Waals surface area contributed by atoms with Gasteiger partial charge in [0, 0.05) is 30.9 Å². The molecule has 7 heteroatoms. The molecule has 3 rings (SSSR count). The molecule has 0 spiro atoms. The van der Waals surface area contributed by atoms with Gasteiger partial charge in [-0.05, 0) is 26.2 Å². The first-order valence-corrected chi connectivity index (χ1v) is 8.80. The van der Waals surface area contributed by atoms with Gasteiger partial charge in [-0.3, -0.25) is 0 Å². The Labute approximate surface area is 119 Å². The van der Waals surface area contributed by atoms with Crippen molar-refractivity contribution in [3.05, 3.63) is 11.8 Å². The van der Waals surface area contributed by atoms with Crippen LogP contribution in [0.25, 0.3) is 0 Å². The highest BCUT2D eigenvalue weighted by atomic mass is 32.2. The highest BCUT2D eigenvalue weighted by molar-refractivity contribution is 7.91. The fraction of sp³-hybridized carbons (Fsp3) is 0.692. The van der Waals surface area contributed by atoms with Crippen molar-refractivity contribution in [2.45, 2.75) is 38.3 Å². The molecule has 1 aliphatic heterocycles. The minimum absolute atomic E-state index is 0.0167. The highest BCUT2D eigenvalue weighted by Gasteiger charge is 2.31. The van der Waals surface area contributed by atoms with Crippen molar-refractivity contribution >= 4 is 21.6 Å². The zero-order valence-corrected chi connectivity index (χ0v) is 12.7. The molecule has 1 atom stereocenters. The quantitative estimate of drug-likeness (QED) is 0.893. The molecule has 0 amide bonds. The molecule has 2 aliphatic rings. The molecule has 1 aromatic rings. The average Bonchev–Trinajstić information content (AvgIpc) is 3.09. The Balaban J connectivity index is 1.79. The summed E-state index contributed by atoms with van der Waals surface area (Å²) in [5.74, 6) is 1.94. The molecule has 0 aromatic carbocycles. The van der Waals surface area contributed by atoms with Gasteiger partial charge in [0.25, 0.3) is 0 Å². The maximum absolute atomic E-state index is 11.6. The molecule has 6 nitrogen and oxygen atoms in total. The summed E-state index contributed by atoms with van der Waals surface area (Å²) in [5.41, 5.74) is 0.894. The van der Waals surface area contributed by atoms with E-state index >= 15 is 0 Å². The number of aromatic nitrogens is 2. The van der Waals surface area contributed by atoms with E-state index in [9.17, 15) is 8.42 Å². The van der Waals surface area contributed by atoms with Crippen LogP contribution < -0.4 is 10.2 Å². The van der Waals surface area contributed by atoms with Crippen molar-refractivity contribution in [3.63, 3.8) is 0 Å². The fourth-order valence-electron chi connectivity index (χ4n) is 2.48. The molecule has 1 unspecified atom stereocenters. The molecular weight excluding hydrogens is 276 g/mol. The second kappa shape index (κ2) is 4.87. The van der Waals surface area contributed by atoms with Crippen LogP contribution in [-0.2, 0) is 9.84 Å². The van der Waals surface area contributed by atoms with E-state index in [4.69, 9.17) is 0 Å². The topological polar surface area (TPSA) is 75.2 Å². The number of hydrogen-bond acceptors (Lipinski definition) is 6. The lowest BCUT2D eigenvalue weighted by atomic mass is 10.2. The minimum Gasteiger partial charge on any atom is -0.355 e. The number of aryl methyl sites for hydroxylation is 1. The highest BCUT2D eigenvalue weighted by Crippen LogP contribution is 2.26. The lowest BCUT2D eigenvalue weighted by Crippen LogP contribution is -2.33. The number of sulfone groups is 1. The van der Waals surface area contributed by atoms with Gasteiger partial charge < -0.3 is 10.2 Å². The van der Waals surface area contributed by atoms with Crippen LogP contribution in [-0.4, -0.2) is 49.0 Å². The summed E-state index contributed by atoms with van der Waals surface area (Å²) < 4.78 is 23.2. The van der Waals surface area contributed by atoms with Gasteiger partial charge in [-0.2, -0.15) is 4.98 Å². The molecule has 2 fully saturated rings. The van der Waals surface area contributed by atoms with Crippen LogP contribution in [0.3, 0.4) is 0 Å². The monoisotopic (exact) mass is 296 g/mol. The van der Waals surface area contributed by atoms with Crippen LogP contribution in [0.4, 0.5) is 11.8 Å². The molecule has 0 bridgehead atoms. The van der Waals surface area contributed by atoms with Gasteiger partial charge in [-0.1, -0.05) is 0 Å². The number of anilines is 2. The Kier molecular flexibility index (Phi) is 3.32. The Morgan fingerprint density at radius 3 is 2.65 bits per heavy atom. The average molecular weight is 296 g/mol. The van der Waals surface area contributed by atoms with Gasteiger partial charge in [-0.25, -0.2) is 13.4 Å². The van der Waals surface area contributed by atoms with Crippen LogP contribution in [0.2, 0.25) is 0 Å². The van der Waals surface area contributed by atoms with E-state index in [-0.39, 0.29) is 17.5 Å². The van der Waals surface area contributed by atoms with E-state index in [0.29, 0.717) is 18.4 Å². The Bertz CT molecular complexity index is 613. The molecule has 1 saturated heterocycles. The summed E-state index contributed by atoms with van der Waals surface area (Å²) in [6, 6.07) is 2.42. The number of hydrogen-bond donors (Lipinski definition) is 1. The molecule has 0 radical (unpaired) electrons. The third kappa shape index (κ3) is 3.03. The minimum atomic E-state index is -2.88. The molecule has 1 saturated carbocycles. The predicted molar refractivity (Wildman–Crippen MR) is 78.9 cm³/mol. The summed E-state index contributed by atoms with van der Waals surface area (Å²) in [6.07, 6.45) is 3.01. The van der Waals surface area contributed by atoms with Crippen LogP contribution in [0, 0.1) is 6.92 Å². The van der Waals surface area contributed by atoms with Gasteiger partial charge in [0.2, 0.25) is 5.95 Å². The molecule has 1 aliphatic carbocycles. The third-order valence-corrected chi connectivity index (χ3v) is 5.62. The molecule has 20 heavy (non-hydrogen) atoms. The van der Waals surface area contributed by atoms with Gasteiger partial charge in [0.05, 0.1) is 11.5 Å². The van der Waals surface area contributed by atoms with E-state index in [0.717, 1.165) is 11.5 Å². The first kappa shape index (κ1) is 13.6. The summed E-state index contributed by atoms with van der Waals surface area (Å²) in [6.45, 7) is 1.93. The van der Waals surface area contributed by atoms with Gasteiger partial charge in [-0.15, -0.1) is 0 Å². The van der Waals surface area contributed by atoms with Crippen LogP contribution in [0.5, 0.6) is 0 Å². The number of nitrogens with one attached hydrogen (secondary N) is 1. The molecule has 1 aromatic heterocycles. The molecule has 2 heterocycles. The van der Waals surface area contributed by atoms with Crippen molar-refractivity contribution in [1.82, 2.24) is 9.97 Å². The summed E-state index contributed by atoms with van der Waals surface area (Å²) in [7, 11) is -0.968. The largest absolute Gasteiger partial charge is 0.355 e. The van der Waals surface area contributed by atoms with Crippen molar-refractivity contribution in [2.75, 3.05) is 28.8 Å². The number of nitrogens with zero attached hydrogens (tertiary/aromatic N) is 3. The Morgan fingerprint density at radius 1 is 1.30 bits per heavy atom. The molecule has 1 N–H and O–H groups in total. The lowest BCUT2D eigenvalue weighted by Gasteiger charge is -2.25. The summed E-state index contributed by atoms with van der Waals surface area (Å²) >= 11 is 0. The third-order valence-electron chi connectivity index (χ3n) is 3.87. The standard InChI is InChI=1S/C13H20N4O2S/c1-9-7-12(16-13(14-9)15-10-3-4-10)17(2)11-5-6-20(18,19)8-11/h7,10-11H,3-6,8H2,1-2H3,(H,14,15,16). The normalized spacial score (nSPS) is 24.6. The van der Waals surface area contributed by atoms with Gasteiger partial charge in [0.1, 0.15) is 5.82 Å². The second-order valence-electron chi connectivity index (χ2n) is 5.78. The first-order valence-electron chi connectivity index (χ1n) is 6.98. The van der Waals surface area contributed by atoms with Gasteiger partial charge in [0.15, 0.2) is 9.84 Å². The molecule has 110 valence electrons. The van der Waals surface area contributed by atoms with E-state index in [1.807, 2.05) is 24.9 Å². The maximum atomic E-state index is 11.6. The van der Waals surface area contributed by atoms with E-state index in [1.54, 1.807) is 0 Å². The SMILES string of the molecule is Cc1cc(N(C)C2CCS(=O)(=O)C2)nc(NC2CC2)n1. The first-order chi connectivity index (χ1) is 9.43. The fourth-order valence-corrected chi connectivity index (χ4v) is 4.25. The zero-order valence-electron chi connectivity index (χ0n) is 11.8. The van der Waals surface area contributed by atoms with E-state index in [1.165, 1.54) is 12.8 Å². The Morgan fingerprint density at radius 2 is 2.05 bits per heavy atom. The van der Waals surface area contributed by atoms with Crippen molar-refractivity contribution in [2.24, 2.45) is 0 Å². The van der Waals surface area contributed by atoms with Crippen LogP contribution in [0.15, 0.2) is 6.07 Å². The van der Waals surface area contributed by atoms with Crippen molar-refractivity contribution in [3.8, 4) is 0 Å². The van der Waals surface area contributed by atoms with Crippen molar-refractivity contribution < 1.29 is 8.42 Å². The van der Waals surface area contributed by atoms with Crippen LogP contribution >= 0.6 is 0 Å². The predicted octanol–water partition coefficient (Wildman–Crippen LogP) is 0.983. The number of rotatable bonds is 4.